The van der Waals surface area contributed by atoms with E-state index in [2.05, 4.69) is 0 Å². The van der Waals surface area contributed by atoms with Gasteiger partial charge in [0.1, 0.15) is 11.8 Å². The van der Waals surface area contributed by atoms with Crippen LogP contribution in [0, 0.1) is 11.3 Å². The van der Waals surface area contributed by atoms with E-state index in [0.717, 1.165) is 4.31 Å². The molecule has 7 heteroatoms. The smallest absolute Gasteiger partial charge is 0.264 e. The molecule has 0 amide bonds. The van der Waals surface area contributed by atoms with E-state index in [1.165, 1.54) is 31.3 Å². The molecule has 0 heterocycles. The number of phenolic OH excluding ortho intramolecular Hbond substituents is 1. The van der Waals surface area contributed by atoms with Crippen molar-refractivity contribution in [2.24, 2.45) is 0 Å². The molecule has 0 unspecified atom stereocenters. The van der Waals surface area contributed by atoms with Crippen LogP contribution in [0.1, 0.15) is 5.56 Å². The first-order valence-corrected chi connectivity index (χ1v) is 7.38. The number of nitrogens with zero attached hydrogens (tertiary/aromatic N) is 2. The summed E-state index contributed by atoms with van der Waals surface area (Å²) in [7, 11) is -2.52. The molecule has 0 saturated carbocycles. The molecule has 2 aromatic rings. The van der Waals surface area contributed by atoms with Gasteiger partial charge in [-0.05, 0) is 30.3 Å². The van der Waals surface area contributed by atoms with Crippen LogP contribution in [0.15, 0.2) is 47.4 Å². The van der Waals surface area contributed by atoms with Gasteiger partial charge >= 0.3 is 0 Å². The van der Waals surface area contributed by atoms with Crippen LogP contribution in [0.5, 0.6) is 5.75 Å². The Bertz CT molecular complexity index is 826. The van der Waals surface area contributed by atoms with Crippen LogP contribution in [-0.4, -0.2) is 20.6 Å². The minimum absolute atomic E-state index is 0.0296. The number of hydrogen-bond donors (Lipinski definition) is 2. The van der Waals surface area contributed by atoms with Crippen molar-refractivity contribution < 1.29 is 13.5 Å². The Labute approximate surface area is 122 Å². The van der Waals surface area contributed by atoms with E-state index in [0.29, 0.717) is 0 Å². The van der Waals surface area contributed by atoms with E-state index in [1.807, 2.05) is 6.07 Å². The lowest BCUT2D eigenvalue weighted by Crippen LogP contribution is -2.27. The monoisotopic (exact) mass is 303 g/mol. The first-order chi connectivity index (χ1) is 9.87. The average Bonchev–Trinajstić information content (AvgIpc) is 2.49. The first kappa shape index (κ1) is 14.7. The average molecular weight is 303 g/mol. The van der Waals surface area contributed by atoms with Crippen LogP contribution in [0.3, 0.4) is 0 Å². The molecule has 3 N–H and O–H groups in total. The zero-order chi connectivity index (χ0) is 15.6. The largest absolute Gasteiger partial charge is 0.506 e. The van der Waals surface area contributed by atoms with E-state index < -0.39 is 10.0 Å². The van der Waals surface area contributed by atoms with Gasteiger partial charge in [-0.25, -0.2) is 8.42 Å². The molecule has 6 nitrogen and oxygen atoms in total. The summed E-state index contributed by atoms with van der Waals surface area (Å²) in [5.41, 5.74) is 6.01. The lowest BCUT2D eigenvalue weighted by atomic mass is 10.2. The predicted molar refractivity (Wildman–Crippen MR) is 79.3 cm³/mol. The SMILES string of the molecule is CN(c1ccccc1C#N)S(=O)(=O)c1ccc(O)c(N)c1. The van der Waals surface area contributed by atoms with Crippen molar-refractivity contribution in [2.45, 2.75) is 4.90 Å². The zero-order valence-electron chi connectivity index (χ0n) is 11.2. The topological polar surface area (TPSA) is 107 Å². The Morgan fingerprint density at radius 1 is 1.24 bits per heavy atom. The van der Waals surface area contributed by atoms with Gasteiger partial charge in [0.15, 0.2) is 0 Å². The van der Waals surface area contributed by atoms with Crippen LogP contribution in [0.4, 0.5) is 11.4 Å². The van der Waals surface area contributed by atoms with Crippen molar-refractivity contribution in [3.63, 3.8) is 0 Å². The number of rotatable bonds is 3. The third-order valence-corrected chi connectivity index (χ3v) is 4.79. The molecule has 0 saturated heterocycles. The molecule has 2 aromatic carbocycles. The Morgan fingerprint density at radius 2 is 1.90 bits per heavy atom. The summed E-state index contributed by atoms with van der Waals surface area (Å²) in [6.45, 7) is 0. The number of nitriles is 1. The number of aromatic hydroxyl groups is 1. The fraction of sp³-hybridized carbons (Fsp3) is 0.0714. The number of hydrogen-bond acceptors (Lipinski definition) is 5. The van der Waals surface area contributed by atoms with Crippen molar-refractivity contribution in [3.05, 3.63) is 48.0 Å². The van der Waals surface area contributed by atoms with Gasteiger partial charge in [0, 0.05) is 7.05 Å². The molecule has 2 rings (SSSR count). The van der Waals surface area contributed by atoms with Crippen LogP contribution in [-0.2, 0) is 10.0 Å². The molecular formula is C14H13N3O3S. The predicted octanol–water partition coefficient (Wildman–Crippen LogP) is 1.67. The maximum atomic E-state index is 12.5. The highest BCUT2D eigenvalue weighted by Crippen LogP contribution is 2.28. The van der Waals surface area contributed by atoms with Crippen molar-refractivity contribution in [1.82, 2.24) is 0 Å². The summed E-state index contributed by atoms with van der Waals surface area (Å²) in [6.07, 6.45) is 0. The lowest BCUT2D eigenvalue weighted by Gasteiger charge is -2.20. The van der Waals surface area contributed by atoms with E-state index in [9.17, 15) is 13.5 Å². The molecule has 0 aliphatic heterocycles. The summed E-state index contributed by atoms with van der Waals surface area (Å²) >= 11 is 0. The van der Waals surface area contributed by atoms with Crippen LogP contribution in [0.25, 0.3) is 0 Å². The lowest BCUT2D eigenvalue weighted by molar-refractivity contribution is 0.477. The molecule has 108 valence electrons. The van der Waals surface area contributed by atoms with Gasteiger partial charge < -0.3 is 10.8 Å². The number of anilines is 2. The second kappa shape index (κ2) is 5.34. The molecule has 0 spiro atoms. The molecule has 0 aliphatic carbocycles. The summed E-state index contributed by atoms with van der Waals surface area (Å²) in [4.78, 5) is -0.0620. The number of benzene rings is 2. The zero-order valence-corrected chi connectivity index (χ0v) is 12.0. The van der Waals surface area contributed by atoms with Gasteiger partial charge in [-0.15, -0.1) is 0 Å². The second-order valence-electron chi connectivity index (χ2n) is 4.32. The second-order valence-corrected chi connectivity index (χ2v) is 6.29. The summed E-state index contributed by atoms with van der Waals surface area (Å²) in [5.74, 6) is -0.186. The standard InChI is InChI=1S/C14H13N3O3S/c1-17(13-5-3-2-4-10(13)9-15)21(19,20)11-6-7-14(18)12(16)8-11/h2-8,18H,16H2,1H3. The van der Waals surface area contributed by atoms with E-state index in [4.69, 9.17) is 11.0 Å². The van der Waals surface area contributed by atoms with E-state index >= 15 is 0 Å². The molecule has 0 bridgehead atoms. The van der Waals surface area contributed by atoms with Gasteiger partial charge in [0.05, 0.1) is 21.8 Å². The normalized spacial score (nSPS) is 10.9. The highest BCUT2D eigenvalue weighted by atomic mass is 32.2. The molecule has 0 radical (unpaired) electrons. The van der Waals surface area contributed by atoms with Gasteiger partial charge in [-0.3, -0.25) is 4.31 Å². The Morgan fingerprint density at radius 3 is 2.52 bits per heavy atom. The quantitative estimate of drug-likeness (QED) is 0.662. The summed E-state index contributed by atoms with van der Waals surface area (Å²) in [6, 6.07) is 12.0. The summed E-state index contributed by atoms with van der Waals surface area (Å²) < 4.78 is 26.1. The molecule has 0 fully saturated rings. The number of phenols is 1. The van der Waals surface area contributed by atoms with Crippen molar-refractivity contribution in [3.8, 4) is 11.8 Å². The van der Waals surface area contributed by atoms with Crippen LogP contribution in [0.2, 0.25) is 0 Å². The highest BCUT2D eigenvalue weighted by molar-refractivity contribution is 7.92. The maximum Gasteiger partial charge on any atom is 0.264 e. The van der Waals surface area contributed by atoms with E-state index in [1.54, 1.807) is 18.2 Å². The number of sulfonamides is 1. The molecule has 0 aromatic heterocycles. The van der Waals surface area contributed by atoms with Crippen LogP contribution >= 0.6 is 0 Å². The third kappa shape index (κ3) is 2.61. The van der Waals surface area contributed by atoms with Gasteiger partial charge in [0.25, 0.3) is 10.0 Å². The number of nitrogen functional groups attached to an aromatic ring is 1. The van der Waals surface area contributed by atoms with E-state index in [-0.39, 0.29) is 27.6 Å². The minimum atomic E-state index is -3.87. The van der Waals surface area contributed by atoms with Crippen molar-refractivity contribution in [1.29, 1.82) is 5.26 Å². The van der Waals surface area contributed by atoms with Crippen molar-refractivity contribution >= 4 is 21.4 Å². The Balaban J connectivity index is 2.53. The van der Waals surface area contributed by atoms with Crippen molar-refractivity contribution in [2.75, 3.05) is 17.1 Å². The van der Waals surface area contributed by atoms with Crippen LogP contribution < -0.4 is 10.0 Å². The highest BCUT2D eigenvalue weighted by Gasteiger charge is 2.23. The third-order valence-electron chi connectivity index (χ3n) is 3.02. The molecule has 21 heavy (non-hydrogen) atoms. The number of nitrogens with two attached hydrogens (primary N) is 1. The summed E-state index contributed by atoms with van der Waals surface area (Å²) in [5, 5.41) is 18.4. The molecule has 0 atom stereocenters. The molecular weight excluding hydrogens is 290 g/mol. The maximum absolute atomic E-state index is 12.5. The minimum Gasteiger partial charge on any atom is -0.506 e. The fourth-order valence-corrected chi connectivity index (χ4v) is 3.07. The van der Waals surface area contributed by atoms with Gasteiger partial charge in [0.2, 0.25) is 0 Å². The Hall–Kier alpha value is -2.72. The number of para-hydroxylation sites is 1. The van der Waals surface area contributed by atoms with Gasteiger partial charge in [-0.2, -0.15) is 5.26 Å². The Kier molecular flexibility index (Phi) is 3.74. The first-order valence-electron chi connectivity index (χ1n) is 5.94. The molecule has 0 aliphatic rings. The fourth-order valence-electron chi connectivity index (χ4n) is 1.82. The van der Waals surface area contributed by atoms with Gasteiger partial charge in [-0.1, -0.05) is 12.1 Å².